The number of amides is 1. The summed E-state index contributed by atoms with van der Waals surface area (Å²) in [5.41, 5.74) is 2.00. The normalized spacial score (nSPS) is 16.3. The second kappa shape index (κ2) is 3.92. The van der Waals surface area contributed by atoms with Crippen molar-refractivity contribution in [3.05, 3.63) is 27.3 Å². The van der Waals surface area contributed by atoms with Gasteiger partial charge < -0.3 is 4.90 Å². The number of anilines is 1. The van der Waals surface area contributed by atoms with Crippen molar-refractivity contribution in [2.75, 3.05) is 11.4 Å². The first kappa shape index (κ1) is 10.6. The summed E-state index contributed by atoms with van der Waals surface area (Å²) in [6, 6.07) is 5.79. The zero-order valence-electron chi connectivity index (χ0n) is 8.29. The van der Waals surface area contributed by atoms with Gasteiger partial charge in [0.15, 0.2) is 0 Å². The molecule has 0 bridgehead atoms. The van der Waals surface area contributed by atoms with Gasteiger partial charge in [0.2, 0.25) is 5.78 Å². The number of Topliss-reactive ketones (excluding diaryl/α,β-unsaturated/α-hetero) is 1. The van der Waals surface area contributed by atoms with Crippen LogP contribution in [0.5, 0.6) is 0 Å². The van der Waals surface area contributed by atoms with E-state index in [2.05, 4.69) is 22.6 Å². The molecule has 4 heteroatoms. The SMILES string of the molecule is Cc1ccc(N2CCC(=O)C2=O)cc1I. The summed E-state index contributed by atoms with van der Waals surface area (Å²) in [5.74, 6) is -0.666. The zero-order valence-corrected chi connectivity index (χ0v) is 10.4. The number of nitrogens with zero attached hydrogens (tertiary/aromatic N) is 1. The second-order valence-corrected chi connectivity index (χ2v) is 4.73. The molecule has 1 amide bonds. The van der Waals surface area contributed by atoms with E-state index < -0.39 is 0 Å². The summed E-state index contributed by atoms with van der Waals surface area (Å²) < 4.78 is 1.11. The van der Waals surface area contributed by atoms with Gasteiger partial charge in [-0.2, -0.15) is 0 Å². The van der Waals surface area contributed by atoms with Crippen LogP contribution in [0.4, 0.5) is 5.69 Å². The molecule has 1 aliphatic heterocycles. The Balaban J connectivity index is 2.34. The number of aryl methyl sites for hydroxylation is 1. The van der Waals surface area contributed by atoms with Gasteiger partial charge in [-0.1, -0.05) is 6.07 Å². The van der Waals surface area contributed by atoms with Crippen molar-refractivity contribution < 1.29 is 9.59 Å². The van der Waals surface area contributed by atoms with Crippen LogP contribution in [0.1, 0.15) is 12.0 Å². The standard InChI is InChI=1S/C11H10INO2/c1-7-2-3-8(6-9(7)12)13-5-4-10(14)11(13)15/h2-3,6H,4-5H2,1H3. The maximum absolute atomic E-state index is 11.5. The van der Waals surface area contributed by atoms with Crippen LogP contribution in [0.3, 0.4) is 0 Å². The van der Waals surface area contributed by atoms with E-state index in [1.165, 1.54) is 5.56 Å². The van der Waals surface area contributed by atoms with Crippen LogP contribution >= 0.6 is 22.6 Å². The van der Waals surface area contributed by atoms with Gasteiger partial charge in [0.25, 0.3) is 5.91 Å². The third-order valence-corrected chi connectivity index (χ3v) is 3.68. The predicted octanol–water partition coefficient (Wildman–Crippen LogP) is 1.91. The van der Waals surface area contributed by atoms with Gasteiger partial charge in [0, 0.05) is 22.2 Å². The van der Waals surface area contributed by atoms with E-state index in [0.29, 0.717) is 13.0 Å². The minimum Gasteiger partial charge on any atom is -0.305 e. The minimum atomic E-state index is -0.380. The Hall–Kier alpha value is -0.910. The van der Waals surface area contributed by atoms with Gasteiger partial charge in [-0.3, -0.25) is 9.59 Å². The summed E-state index contributed by atoms with van der Waals surface area (Å²) in [5, 5.41) is 0. The minimum absolute atomic E-state index is 0.286. The molecule has 1 aromatic carbocycles. The lowest BCUT2D eigenvalue weighted by atomic mass is 10.2. The number of hydrogen-bond acceptors (Lipinski definition) is 2. The summed E-state index contributed by atoms with van der Waals surface area (Å²) in [6.07, 6.45) is 0.337. The lowest BCUT2D eigenvalue weighted by Gasteiger charge is -2.15. The number of hydrogen-bond donors (Lipinski definition) is 0. The fourth-order valence-electron chi connectivity index (χ4n) is 1.57. The topological polar surface area (TPSA) is 37.4 Å². The summed E-state index contributed by atoms with van der Waals surface area (Å²) in [6.45, 7) is 2.53. The lowest BCUT2D eigenvalue weighted by molar-refractivity contribution is -0.133. The molecule has 1 aromatic rings. The van der Waals surface area contributed by atoms with Gasteiger partial charge in [-0.15, -0.1) is 0 Å². The van der Waals surface area contributed by atoms with Gasteiger partial charge >= 0.3 is 0 Å². The molecule has 1 heterocycles. The second-order valence-electron chi connectivity index (χ2n) is 3.56. The first-order chi connectivity index (χ1) is 7.09. The van der Waals surface area contributed by atoms with Crippen molar-refractivity contribution in [2.24, 2.45) is 0 Å². The summed E-state index contributed by atoms with van der Waals surface area (Å²) >= 11 is 2.23. The fourth-order valence-corrected chi connectivity index (χ4v) is 2.07. The van der Waals surface area contributed by atoms with E-state index in [4.69, 9.17) is 0 Å². The Morgan fingerprint density at radius 3 is 2.60 bits per heavy atom. The fraction of sp³-hybridized carbons (Fsp3) is 0.273. The van der Waals surface area contributed by atoms with Crippen molar-refractivity contribution in [3.63, 3.8) is 0 Å². The molecule has 1 aliphatic rings. The smallest absolute Gasteiger partial charge is 0.294 e. The van der Waals surface area contributed by atoms with Crippen molar-refractivity contribution in [1.82, 2.24) is 0 Å². The average molecular weight is 315 g/mol. The van der Waals surface area contributed by atoms with Crippen LogP contribution < -0.4 is 4.90 Å². The Labute approximate surface area is 102 Å². The summed E-state index contributed by atoms with van der Waals surface area (Å²) in [7, 11) is 0. The van der Waals surface area contributed by atoms with Crippen LogP contribution in [0.2, 0.25) is 0 Å². The Morgan fingerprint density at radius 2 is 2.07 bits per heavy atom. The first-order valence-electron chi connectivity index (χ1n) is 4.70. The number of ketones is 1. The number of carbonyl (C=O) groups excluding carboxylic acids is 2. The third kappa shape index (κ3) is 1.90. The zero-order chi connectivity index (χ0) is 11.0. The molecule has 0 atom stereocenters. The molecule has 15 heavy (non-hydrogen) atoms. The van der Waals surface area contributed by atoms with E-state index in [9.17, 15) is 9.59 Å². The number of benzene rings is 1. The van der Waals surface area contributed by atoms with Crippen molar-refractivity contribution in [3.8, 4) is 0 Å². The van der Waals surface area contributed by atoms with Crippen LogP contribution in [0.15, 0.2) is 18.2 Å². The van der Waals surface area contributed by atoms with Gasteiger partial charge in [0.05, 0.1) is 0 Å². The van der Waals surface area contributed by atoms with Crippen LogP contribution in [0, 0.1) is 10.5 Å². The number of halogens is 1. The highest BCUT2D eigenvalue weighted by atomic mass is 127. The molecule has 0 radical (unpaired) electrons. The highest BCUT2D eigenvalue weighted by Crippen LogP contribution is 2.23. The Bertz CT molecular complexity index is 442. The summed E-state index contributed by atoms with van der Waals surface area (Å²) in [4.78, 5) is 24.1. The molecule has 0 saturated carbocycles. The quantitative estimate of drug-likeness (QED) is 0.586. The Kier molecular flexibility index (Phi) is 2.77. The molecule has 78 valence electrons. The first-order valence-corrected chi connectivity index (χ1v) is 5.78. The van der Waals surface area contributed by atoms with E-state index >= 15 is 0 Å². The van der Waals surface area contributed by atoms with Crippen LogP contribution in [-0.2, 0) is 9.59 Å². The van der Waals surface area contributed by atoms with Gasteiger partial charge in [-0.25, -0.2) is 0 Å². The molecule has 0 aliphatic carbocycles. The highest BCUT2D eigenvalue weighted by Gasteiger charge is 2.30. The third-order valence-electron chi connectivity index (χ3n) is 2.51. The molecule has 3 nitrogen and oxygen atoms in total. The van der Waals surface area contributed by atoms with Crippen LogP contribution in [-0.4, -0.2) is 18.2 Å². The molecule has 1 fully saturated rings. The van der Waals surface area contributed by atoms with Crippen molar-refractivity contribution in [1.29, 1.82) is 0 Å². The van der Waals surface area contributed by atoms with Crippen molar-refractivity contribution in [2.45, 2.75) is 13.3 Å². The molecule has 0 unspecified atom stereocenters. The van der Waals surface area contributed by atoms with Gasteiger partial charge in [0.1, 0.15) is 0 Å². The number of carbonyl (C=O) groups is 2. The molecule has 0 N–H and O–H groups in total. The molecular weight excluding hydrogens is 305 g/mol. The molecule has 2 rings (SSSR count). The van der Waals surface area contributed by atoms with Crippen LogP contribution in [0.25, 0.3) is 0 Å². The van der Waals surface area contributed by atoms with E-state index in [-0.39, 0.29) is 11.7 Å². The largest absolute Gasteiger partial charge is 0.305 e. The lowest BCUT2D eigenvalue weighted by Crippen LogP contribution is -2.26. The van der Waals surface area contributed by atoms with Gasteiger partial charge in [-0.05, 0) is 47.2 Å². The highest BCUT2D eigenvalue weighted by molar-refractivity contribution is 14.1. The monoisotopic (exact) mass is 315 g/mol. The molecule has 0 aromatic heterocycles. The predicted molar refractivity (Wildman–Crippen MR) is 65.9 cm³/mol. The molecular formula is C11H10INO2. The van der Waals surface area contributed by atoms with Crippen molar-refractivity contribution >= 4 is 40.0 Å². The maximum atomic E-state index is 11.5. The van der Waals surface area contributed by atoms with E-state index in [1.54, 1.807) is 4.90 Å². The van der Waals surface area contributed by atoms with E-state index in [1.807, 2.05) is 25.1 Å². The Morgan fingerprint density at radius 1 is 1.33 bits per heavy atom. The molecule has 0 spiro atoms. The number of rotatable bonds is 1. The average Bonchev–Trinajstić information content (AvgIpc) is 2.53. The molecule has 1 saturated heterocycles. The maximum Gasteiger partial charge on any atom is 0.294 e. The van der Waals surface area contributed by atoms with E-state index in [0.717, 1.165) is 9.26 Å².